The fraction of sp³-hybridized carbons (Fsp3) is 0.308. The number of nitriles is 2. The van der Waals surface area contributed by atoms with Gasteiger partial charge < -0.3 is 15.4 Å². The van der Waals surface area contributed by atoms with Crippen molar-refractivity contribution >= 4 is 16.7 Å². The number of allylic oxidation sites excluding steroid dienone is 3. The van der Waals surface area contributed by atoms with Crippen molar-refractivity contribution in [1.82, 2.24) is 25.4 Å². The highest BCUT2D eigenvalue weighted by Crippen LogP contribution is 2.61. The molecule has 3 aliphatic rings. The van der Waals surface area contributed by atoms with Crippen LogP contribution >= 0.6 is 0 Å². The highest BCUT2D eigenvalue weighted by atomic mass is 16.5. The van der Waals surface area contributed by atoms with Crippen LogP contribution in [0, 0.1) is 22.7 Å². The van der Waals surface area contributed by atoms with Crippen LogP contribution in [0.25, 0.3) is 10.9 Å². The van der Waals surface area contributed by atoms with E-state index in [9.17, 15) is 10.5 Å². The fourth-order valence-corrected chi connectivity index (χ4v) is 4.77. The largest absolute Gasteiger partial charge is 0.379 e. The first-order valence-electron chi connectivity index (χ1n) is 11.6. The lowest BCUT2D eigenvalue weighted by molar-refractivity contribution is 0.0398. The Morgan fingerprint density at radius 2 is 1.97 bits per heavy atom. The minimum Gasteiger partial charge on any atom is -0.379 e. The zero-order valence-electron chi connectivity index (χ0n) is 19.5. The zero-order chi connectivity index (χ0) is 24.3. The molecule has 176 valence electrons. The SMILES string of the molecule is CC1=C(C#N)C2(c3ccc4[nH]ncc4c3)C(C#N)=C2N1.c1ccc(NCCN2CCOCC2)nc1. The molecule has 9 nitrogen and oxygen atoms in total. The van der Waals surface area contributed by atoms with Crippen molar-refractivity contribution in [2.45, 2.75) is 12.3 Å². The molecule has 0 saturated carbocycles. The monoisotopic (exact) mass is 466 g/mol. The first kappa shape index (κ1) is 22.6. The summed E-state index contributed by atoms with van der Waals surface area (Å²) in [6.45, 7) is 7.68. The second kappa shape index (κ2) is 9.59. The molecule has 1 aliphatic carbocycles. The topological polar surface area (TPSA) is 126 Å². The van der Waals surface area contributed by atoms with E-state index in [2.05, 4.69) is 42.9 Å². The van der Waals surface area contributed by atoms with Gasteiger partial charge in [-0.1, -0.05) is 12.1 Å². The second-order valence-corrected chi connectivity index (χ2v) is 8.62. The quantitative estimate of drug-likeness (QED) is 0.524. The normalized spacial score (nSPS) is 20.9. The van der Waals surface area contributed by atoms with Gasteiger partial charge in [0.2, 0.25) is 0 Å². The van der Waals surface area contributed by atoms with Crippen LogP contribution < -0.4 is 10.6 Å². The van der Waals surface area contributed by atoms with Crippen molar-refractivity contribution in [3.8, 4) is 12.1 Å². The number of benzene rings is 1. The van der Waals surface area contributed by atoms with Gasteiger partial charge in [0.15, 0.2) is 0 Å². The van der Waals surface area contributed by atoms with Gasteiger partial charge in [0.25, 0.3) is 0 Å². The number of pyridine rings is 1. The molecule has 1 fully saturated rings. The number of morpholine rings is 1. The smallest absolute Gasteiger partial charge is 0.125 e. The highest BCUT2D eigenvalue weighted by Gasteiger charge is 2.62. The van der Waals surface area contributed by atoms with Gasteiger partial charge in [-0.15, -0.1) is 0 Å². The number of aromatic amines is 1. The molecule has 4 heterocycles. The predicted octanol–water partition coefficient (Wildman–Crippen LogP) is 2.82. The van der Waals surface area contributed by atoms with Crippen LogP contribution in [0.15, 0.2) is 71.3 Å². The number of rotatable bonds is 5. The maximum Gasteiger partial charge on any atom is 0.125 e. The highest BCUT2D eigenvalue weighted by molar-refractivity contribution is 5.85. The van der Waals surface area contributed by atoms with E-state index >= 15 is 0 Å². The first-order valence-corrected chi connectivity index (χ1v) is 11.6. The van der Waals surface area contributed by atoms with E-state index in [-0.39, 0.29) is 0 Å². The molecule has 0 radical (unpaired) electrons. The third-order valence-corrected chi connectivity index (χ3v) is 6.60. The molecule has 2 aromatic heterocycles. The Hall–Kier alpha value is -4.18. The summed E-state index contributed by atoms with van der Waals surface area (Å²) in [7, 11) is 0. The molecular weight excluding hydrogens is 440 g/mol. The van der Waals surface area contributed by atoms with Gasteiger partial charge in [-0.3, -0.25) is 10.00 Å². The summed E-state index contributed by atoms with van der Waals surface area (Å²) in [6.07, 6.45) is 3.55. The number of ether oxygens (including phenoxy) is 1. The molecule has 3 N–H and O–H groups in total. The summed E-state index contributed by atoms with van der Waals surface area (Å²) in [5, 5.41) is 33.1. The van der Waals surface area contributed by atoms with Crippen molar-refractivity contribution < 1.29 is 4.74 Å². The maximum absolute atomic E-state index is 9.44. The van der Waals surface area contributed by atoms with Gasteiger partial charge in [0, 0.05) is 43.5 Å². The van der Waals surface area contributed by atoms with Crippen LogP contribution in [0.2, 0.25) is 0 Å². The predicted molar refractivity (Wildman–Crippen MR) is 132 cm³/mol. The molecular formula is C26H26N8O. The third-order valence-electron chi connectivity index (χ3n) is 6.60. The minimum atomic E-state index is -0.640. The van der Waals surface area contributed by atoms with Gasteiger partial charge >= 0.3 is 0 Å². The zero-order valence-corrected chi connectivity index (χ0v) is 19.5. The number of dihydropyridines is 1. The van der Waals surface area contributed by atoms with E-state index in [1.807, 2.05) is 43.3 Å². The van der Waals surface area contributed by atoms with Gasteiger partial charge in [-0.2, -0.15) is 15.6 Å². The van der Waals surface area contributed by atoms with Crippen LogP contribution in [0.3, 0.4) is 0 Å². The summed E-state index contributed by atoms with van der Waals surface area (Å²) in [5.41, 5.74) is 4.17. The third kappa shape index (κ3) is 4.12. The van der Waals surface area contributed by atoms with Gasteiger partial charge in [-0.25, -0.2) is 4.98 Å². The standard InChI is InChI=1S/C15H9N5.C11H17N3O/c1-8-11(5-16)15(12(6-17)14(15)19-8)10-2-3-13-9(4-10)7-18-20-13;1-2-4-12-11(3-1)13-5-6-14-7-9-15-10-8-14/h2-4,7,19H,1H3,(H,18,20);1-4H,5-10H2,(H,12,13). The Bertz CT molecular complexity index is 1370. The van der Waals surface area contributed by atoms with E-state index in [4.69, 9.17) is 4.74 Å². The Kier molecular flexibility index (Phi) is 6.19. The van der Waals surface area contributed by atoms with Crippen molar-refractivity contribution in [3.63, 3.8) is 0 Å². The number of hydrogen-bond donors (Lipinski definition) is 3. The van der Waals surface area contributed by atoms with E-state index in [0.717, 1.165) is 73.1 Å². The molecule has 1 saturated heterocycles. The van der Waals surface area contributed by atoms with Crippen LogP contribution in [0.1, 0.15) is 12.5 Å². The number of aromatic nitrogens is 3. The number of nitrogens with zero attached hydrogens (tertiary/aromatic N) is 5. The van der Waals surface area contributed by atoms with E-state index < -0.39 is 5.41 Å². The number of H-pyrrole nitrogens is 1. The molecule has 0 spiro atoms. The molecule has 6 rings (SSSR count). The molecule has 1 aromatic carbocycles. The maximum atomic E-state index is 9.44. The summed E-state index contributed by atoms with van der Waals surface area (Å²) in [6, 6.07) is 16.2. The van der Waals surface area contributed by atoms with Gasteiger partial charge in [-0.05, 0) is 36.8 Å². The number of nitrogens with one attached hydrogen (secondary N) is 3. The van der Waals surface area contributed by atoms with Gasteiger partial charge in [0.1, 0.15) is 11.2 Å². The van der Waals surface area contributed by atoms with Gasteiger partial charge in [0.05, 0.1) is 53.9 Å². The van der Waals surface area contributed by atoms with Crippen LogP contribution in [-0.4, -0.2) is 59.5 Å². The summed E-state index contributed by atoms with van der Waals surface area (Å²) in [4.78, 5) is 6.61. The van der Waals surface area contributed by atoms with E-state index in [1.165, 1.54) is 0 Å². The van der Waals surface area contributed by atoms with E-state index in [0.29, 0.717) is 11.1 Å². The fourth-order valence-electron chi connectivity index (χ4n) is 4.77. The van der Waals surface area contributed by atoms with Crippen LogP contribution in [0.5, 0.6) is 0 Å². The summed E-state index contributed by atoms with van der Waals surface area (Å²) in [5.74, 6) is 0.950. The Balaban J connectivity index is 0.000000152. The summed E-state index contributed by atoms with van der Waals surface area (Å²) < 4.78 is 5.29. The van der Waals surface area contributed by atoms with E-state index in [1.54, 1.807) is 12.4 Å². The number of fused-ring (bicyclic) bond motifs is 2. The molecule has 2 aliphatic heterocycles. The van der Waals surface area contributed by atoms with Crippen molar-refractivity contribution in [3.05, 3.63) is 76.9 Å². The molecule has 9 heteroatoms. The lowest BCUT2D eigenvalue weighted by atomic mass is 9.83. The Labute approximate surface area is 203 Å². The van der Waals surface area contributed by atoms with Crippen molar-refractivity contribution in [2.75, 3.05) is 44.7 Å². The second-order valence-electron chi connectivity index (χ2n) is 8.62. The van der Waals surface area contributed by atoms with Crippen molar-refractivity contribution in [2.24, 2.45) is 0 Å². The van der Waals surface area contributed by atoms with Crippen LogP contribution in [-0.2, 0) is 10.2 Å². The molecule has 35 heavy (non-hydrogen) atoms. The van der Waals surface area contributed by atoms with Crippen molar-refractivity contribution in [1.29, 1.82) is 10.5 Å². The average Bonchev–Trinajstić information content (AvgIpc) is 3.17. The molecule has 0 bridgehead atoms. The Morgan fingerprint density at radius 3 is 2.71 bits per heavy atom. The molecule has 1 atom stereocenters. The molecule has 0 amide bonds. The first-order chi connectivity index (χ1) is 17.2. The molecule has 3 aromatic rings. The lowest BCUT2D eigenvalue weighted by Gasteiger charge is -2.26. The average molecular weight is 467 g/mol. The van der Waals surface area contributed by atoms with Crippen LogP contribution in [0.4, 0.5) is 5.82 Å². The minimum absolute atomic E-state index is 0.617. The summed E-state index contributed by atoms with van der Waals surface area (Å²) >= 11 is 0. The lowest BCUT2D eigenvalue weighted by Crippen LogP contribution is -2.39. The number of hydrogen-bond acceptors (Lipinski definition) is 8. The Morgan fingerprint density at radius 1 is 1.14 bits per heavy atom. The number of anilines is 1. The molecule has 1 unspecified atom stereocenters.